The lowest BCUT2D eigenvalue weighted by Crippen LogP contribution is -2.28. The second-order valence-electron chi connectivity index (χ2n) is 7.24. The number of hydrogen-bond donors (Lipinski definition) is 2. The number of aromatic nitrogens is 5. The van der Waals surface area contributed by atoms with Crippen LogP contribution in [0.4, 0.5) is 5.82 Å². The molecule has 0 fully saturated rings. The second-order valence-corrected chi connectivity index (χ2v) is 7.65. The van der Waals surface area contributed by atoms with Crippen molar-refractivity contribution in [1.82, 2.24) is 30.0 Å². The smallest absolute Gasteiger partial charge is 0.203 e. The normalized spacial score (nSPS) is 10.7. The van der Waals surface area contributed by atoms with E-state index < -0.39 is 0 Å². The molecular weight excluding hydrogens is 454 g/mol. The predicted octanol–water partition coefficient (Wildman–Crippen LogP) is 3.27. The van der Waals surface area contributed by atoms with Gasteiger partial charge < -0.3 is 24.8 Å². The number of nitrogens with zero attached hydrogens (tertiary/aromatic N) is 5. The number of anilines is 1. The zero-order chi connectivity index (χ0) is 24.1. The third-order valence-corrected chi connectivity index (χ3v) is 5.23. The number of hydrogen-bond acceptors (Lipinski definition) is 8. The van der Waals surface area contributed by atoms with Crippen LogP contribution in [-0.2, 0) is 6.54 Å². The molecule has 0 amide bonds. The molecule has 0 bridgehead atoms. The van der Waals surface area contributed by atoms with Crippen LogP contribution in [-0.4, -0.2) is 57.7 Å². The van der Waals surface area contributed by atoms with Crippen molar-refractivity contribution in [2.24, 2.45) is 0 Å². The molecule has 0 spiro atoms. The van der Waals surface area contributed by atoms with E-state index in [9.17, 15) is 0 Å². The minimum atomic E-state index is 0.506. The van der Waals surface area contributed by atoms with Gasteiger partial charge in [0.25, 0.3) is 0 Å². The van der Waals surface area contributed by atoms with E-state index in [2.05, 4.69) is 30.7 Å². The summed E-state index contributed by atoms with van der Waals surface area (Å²) in [5.74, 6) is 2.33. The minimum absolute atomic E-state index is 0.506. The SMILES string of the molecule is CCNC(=S)Nc1ccc2ncc(-c3cnn(Cc4cc(OC)c(OC)c(OC)c4)c3)nc2n1. The number of benzene rings is 1. The fourth-order valence-corrected chi connectivity index (χ4v) is 3.67. The number of thiocarbonyl (C=S) groups is 1. The molecule has 0 atom stereocenters. The van der Waals surface area contributed by atoms with Crippen LogP contribution in [0.3, 0.4) is 0 Å². The Morgan fingerprint density at radius 1 is 1.03 bits per heavy atom. The zero-order valence-electron chi connectivity index (χ0n) is 19.3. The maximum atomic E-state index is 5.44. The maximum Gasteiger partial charge on any atom is 0.203 e. The van der Waals surface area contributed by atoms with Crippen LogP contribution < -0.4 is 24.8 Å². The van der Waals surface area contributed by atoms with Gasteiger partial charge in [-0.25, -0.2) is 9.97 Å². The predicted molar refractivity (Wildman–Crippen MR) is 134 cm³/mol. The van der Waals surface area contributed by atoms with E-state index in [1.807, 2.05) is 42.1 Å². The van der Waals surface area contributed by atoms with Crippen LogP contribution in [0.1, 0.15) is 12.5 Å². The van der Waals surface area contributed by atoms with Crippen LogP contribution in [0.25, 0.3) is 22.4 Å². The van der Waals surface area contributed by atoms with Gasteiger partial charge >= 0.3 is 0 Å². The van der Waals surface area contributed by atoms with E-state index in [1.165, 1.54) is 0 Å². The molecule has 10 nitrogen and oxygen atoms in total. The van der Waals surface area contributed by atoms with Crippen molar-refractivity contribution in [2.45, 2.75) is 13.5 Å². The Kier molecular flexibility index (Phi) is 7.02. The van der Waals surface area contributed by atoms with E-state index >= 15 is 0 Å². The number of fused-ring (bicyclic) bond motifs is 1. The third kappa shape index (κ3) is 4.99. The highest BCUT2D eigenvalue weighted by atomic mass is 32.1. The summed E-state index contributed by atoms with van der Waals surface area (Å²) >= 11 is 5.23. The van der Waals surface area contributed by atoms with Gasteiger partial charge in [0.15, 0.2) is 22.3 Å². The van der Waals surface area contributed by atoms with Gasteiger partial charge in [-0.15, -0.1) is 0 Å². The molecule has 4 rings (SSSR count). The fraction of sp³-hybridized carbons (Fsp3) is 0.261. The number of ether oxygens (including phenoxy) is 3. The lowest BCUT2D eigenvalue weighted by Gasteiger charge is -2.14. The van der Waals surface area contributed by atoms with Crippen molar-refractivity contribution in [2.75, 3.05) is 33.2 Å². The standard InChI is InChI=1S/C23H25N7O3S/c1-5-24-23(34)29-20-7-6-16-22(28-20)27-17(11-25-16)15-10-26-30(13-15)12-14-8-18(31-2)21(33-4)19(9-14)32-3/h6-11,13H,5,12H2,1-4H3,(H2,24,27,28,29,34). The van der Waals surface area contributed by atoms with Gasteiger partial charge in [-0.3, -0.25) is 9.67 Å². The quantitative estimate of drug-likeness (QED) is 0.366. The molecule has 4 aromatic rings. The first-order valence-corrected chi connectivity index (χ1v) is 11.0. The first-order chi connectivity index (χ1) is 16.5. The first kappa shape index (κ1) is 23.2. The molecule has 0 radical (unpaired) electrons. The van der Waals surface area contributed by atoms with Gasteiger partial charge in [0, 0.05) is 18.3 Å². The van der Waals surface area contributed by atoms with Crippen molar-refractivity contribution < 1.29 is 14.2 Å². The highest BCUT2D eigenvalue weighted by Gasteiger charge is 2.14. The minimum Gasteiger partial charge on any atom is -0.493 e. The van der Waals surface area contributed by atoms with Crippen molar-refractivity contribution in [3.05, 3.63) is 48.4 Å². The van der Waals surface area contributed by atoms with E-state index in [1.54, 1.807) is 33.7 Å². The Morgan fingerprint density at radius 3 is 2.47 bits per heavy atom. The van der Waals surface area contributed by atoms with E-state index in [4.69, 9.17) is 26.4 Å². The Bertz CT molecular complexity index is 1300. The summed E-state index contributed by atoms with van der Waals surface area (Å²) in [6.45, 7) is 3.21. The molecule has 0 unspecified atom stereocenters. The lowest BCUT2D eigenvalue weighted by atomic mass is 10.2. The topological polar surface area (TPSA) is 108 Å². The van der Waals surface area contributed by atoms with Crippen molar-refractivity contribution in [1.29, 1.82) is 0 Å². The lowest BCUT2D eigenvalue weighted by molar-refractivity contribution is 0.323. The molecule has 176 valence electrons. The highest BCUT2D eigenvalue weighted by Crippen LogP contribution is 2.38. The van der Waals surface area contributed by atoms with Crippen LogP contribution in [0.5, 0.6) is 17.2 Å². The summed E-state index contributed by atoms with van der Waals surface area (Å²) in [6, 6.07) is 7.46. The van der Waals surface area contributed by atoms with Crippen LogP contribution in [0.15, 0.2) is 42.9 Å². The molecule has 34 heavy (non-hydrogen) atoms. The van der Waals surface area contributed by atoms with Crippen LogP contribution in [0, 0.1) is 0 Å². The molecule has 2 N–H and O–H groups in total. The first-order valence-electron chi connectivity index (χ1n) is 10.5. The van der Waals surface area contributed by atoms with Gasteiger partial charge in [-0.05, 0) is 49.0 Å². The Balaban J connectivity index is 1.58. The van der Waals surface area contributed by atoms with E-state index in [-0.39, 0.29) is 0 Å². The Hall–Kier alpha value is -3.99. The molecular formula is C23H25N7O3S. The summed E-state index contributed by atoms with van der Waals surface area (Å²) in [6.07, 6.45) is 5.36. The molecule has 0 aliphatic rings. The van der Waals surface area contributed by atoms with E-state index in [0.29, 0.717) is 51.6 Å². The number of methoxy groups -OCH3 is 3. The highest BCUT2D eigenvalue weighted by molar-refractivity contribution is 7.80. The monoisotopic (exact) mass is 479 g/mol. The molecule has 0 saturated carbocycles. The zero-order valence-corrected chi connectivity index (χ0v) is 20.1. The Morgan fingerprint density at radius 2 is 1.79 bits per heavy atom. The van der Waals surface area contributed by atoms with Gasteiger partial charge in [-0.2, -0.15) is 5.10 Å². The summed E-state index contributed by atoms with van der Waals surface area (Å²) in [5, 5.41) is 11.1. The largest absolute Gasteiger partial charge is 0.493 e. The summed E-state index contributed by atoms with van der Waals surface area (Å²) in [7, 11) is 4.76. The third-order valence-electron chi connectivity index (χ3n) is 4.98. The summed E-state index contributed by atoms with van der Waals surface area (Å²) in [5.41, 5.74) is 3.64. The molecule has 3 aromatic heterocycles. The van der Waals surface area contributed by atoms with Gasteiger partial charge in [0.05, 0.1) is 46.0 Å². The molecule has 3 heterocycles. The molecule has 0 saturated heterocycles. The van der Waals surface area contributed by atoms with E-state index in [0.717, 1.165) is 17.7 Å². The van der Waals surface area contributed by atoms with Crippen molar-refractivity contribution in [3.63, 3.8) is 0 Å². The number of rotatable bonds is 8. The van der Waals surface area contributed by atoms with Gasteiger partial charge in [0.1, 0.15) is 11.3 Å². The number of nitrogens with one attached hydrogen (secondary N) is 2. The molecule has 11 heteroatoms. The second kappa shape index (κ2) is 10.3. The van der Waals surface area contributed by atoms with Gasteiger partial charge in [-0.1, -0.05) is 0 Å². The molecule has 0 aliphatic heterocycles. The summed E-state index contributed by atoms with van der Waals surface area (Å²) < 4.78 is 18.1. The fourth-order valence-electron chi connectivity index (χ4n) is 3.42. The van der Waals surface area contributed by atoms with Crippen LogP contribution >= 0.6 is 12.2 Å². The average Bonchev–Trinajstić information content (AvgIpc) is 3.31. The average molecular weight is 480 g/mol. The maximum absolute atomic E-state index is 5.44. The van der Waals surface area contributed by atoms with Crippen molar-refractivity contribution >= 4 is 34.3 Å². The number of pyridine rings is 1. The molecule has 0 aliphatic carbocycles. The van der Waals surface area contributed by atoms with Crippen LogP contribution in [0.2, 0.25) is 0 Å². The van der Waals surface area contributed by atoms with Gasteiger partial charge in [0.2, 0.25) is 5.75 Å². The molecule has 1 aromatic carbocycles. The summed E-state index contributed by atoms with van der Waals surface area (Å²) in [4.78, 5) is 13.7. The Labute approximate surface area is 202 Å². The van der Waals surface area contributed by atoms with Crippen molar-refractivity contribution in [3.8, 4) is 28.5 Å².